The molecule has 7 heteroatoms. The van der Waals surface area contributed by atoms with Crippen LogP contribution in [0.1, 0.15) is 19.8 Å². The maximum absolute atomic E-state index is 5.38. The van der Waals surface area contributed by atoms with E-state index < -0.39 is 0 Å². The summed E-state index contributed by atoms with van der Waals surface area (Å²) in [7, 11) is 1.62. The summed E-state index contributed by atoms with van der Waals surface area (Å²) in [5.41, 5.74) is 3.92. The van der Waals surface area contributed by atoms with Crippen molar-refractivity contribution in [2.24, 2.45) is 5.92 Å². The Bertz CT molecular complexity index is 1130. The molecule has 1 aliphatic carbocycles. The van der Waals surface area contributed by atoms with Crippen LogP contribution in [0.2, 0.25) is 0 Å². The minimum absolute atomic E-state index is 0.408. The van der Waals surface area contributed by atoms with E-state index in [1.165, 1.54) is 19.2 Å². The molecular formula is C20H20N6O. The number of nitrogens with one attached hydrogen (secondary N) is 1. The van der Waals surface area contributed by atoms with Gasteiger partial charge in [-0.15, -0.1) is 5.10 Å². The molecule has 0 unspecified atom stereocenters. The first-order valence-electron chi connectivity index (χ1n) is 9.13. The highest BCUT2D eigenvalue weighted by molar-refractivity contribution is 5.91. The van der Waals surface area contributed by atoms with Gasteiger partial charge in [-0.25, -0.2) is 19.5 Å². The van der Waals surface area contributed by atoms with E-state index in [1.807, 2.05) is 35.1 Å². The van der Waals surface area contributed by atoms with Gasteiger partial charge in [-0.1, -0.05) is 6.07 Å². The van der Waals surface area contributed by atoms with Crippen LogP contribution in [0, 0.1) is 5.92 Å². The highest BCUT2D eigenvalue weighted by atomic mass is 16.5. The molecule has 1 atom stereocenters. The van der Waals surface area contributed by atoms with Crippen LogP contribution in [0.5, 0.6) is 5.88 Å². The number of hydrogen-bond donors (Lipinski definition) is 1. The molecule has 1 aliphatic rings. The number of nitrogens with zero attached hydrogens (tertiary/aromatic N) is 5. The molecule has 0 radical (unpaired) electrons. The molecule has 3 heterocycles. The lowest BCUT2D eigenvalue weighted by Crippen LogP contribution is -2.19. The van der Waals surface area contributed by atoms with Crippen molar-refractivity contribution in [2.45, 2.75) is 25.8 Å². The van der Waals surface area contributed by atoms with Gasteiger partial charge in [-0.05, 0) is 49.4 Å². The second kappa shape index (κ2) is 6.19. The Balaban J connectivity index is 1.54. The maximum Gasteiger partial charge on any atom is 0.241 e. The van der Waals surface area contributed by atoms with Gasteiger partial charge in [0.2, 0.25) is 11.8 Å². The summed E-state index contributed by atoms with van der Waals surface area (Å²) in [6.07, 6.45) is 7.92. The Morgan fingerprint density at radius 2 is 2.07 bits per heavy atom. The van der Waals surface area contributed by atoms with Gasteiger partial charge in [0.25, 0.3) is 0 Å². The van der Waals surface area contributed by atoms with Crippen LogP contribution in [-0.2, 0) is 0 Å². The summed E-state index contributed by atoms with van der Waals surface area (Å²) >= 11 is 0. The van der Waals surface area contributed by atoms with E-state index in [0.717, 1.165) is 33.5 Å². The lowest BCUT2D eigenvalue weighted by Gasteiger charge is -2.12. The third kappa shape index (κ3) is 2.85. The maximum atomic E-state index is 5.38. The molecule has 0 amide bonds. The molecule has 136 valence electrons. The Morgan fingerprint density at radius 3 is 2.89 bits per heavy atom. The first-order chi connectivity index (χ1) is 13.2. The highest BCUT2D eigenvalue weighted by Gasteiger charge is 2.28. The van der Waals surface area contributed by atoms with Crippen LogP contribution in [-0.4, -0.2) is 37.7 Å². The van der Waals surface area contributed by atoms with Gasteiger partial charge < -0.3 is 10.1 Å². The molecule has 0 bridgehead atoms. The molecule has 4 aromatic rings. The van der Waals surface area contributed by atoms with E-state index >= 15 is 0 Å². The lowest BCUT2D eigenvalue weighted by atomic mass is 10.1. The minimum atomic E-state index is 0.408. The summed E-state index contributed by atoms with van der Waals surface area (Å²) in [4.78, 5) is 13.0. The van der Waals surface area contributed by atoms with E-state index in [0.29, 0.717) is 17.9 Å². The zero-order valence-electron chi connectivity index (χ0n) is 15.3. The molecule has 3 aromatic heterocycles. The molecule has 1 fully saturated rings. The van der Waals surface area contributed by atoms with Crippen LogP contribution in [0.25, 0.3) is 27.5 Å². The SMILES string of the molecule is COc1ncnc2ccc(-c3ccn4nc(N[C@@H](C)C5CC5)ncc34)cc12. The average molecular weight is 360 g/mol. The normalized spacial score (nSPS) is 15.2. The minimum Gasteiger partial charge on any atom is -0.480 e. The second-order valence-corrected chi connectivity index (χ2v) is 7.03. The Kier molecular flexibility index (Phi) is 3.67. The van der Waals surface area contributed by atoms with E-state index in [-0.39, 0.29) is 0 Å². The number of methoxy groups -OCH3 is 1. The van der Waals surface area contributed by atoms with E-state index in [1.54, 1.807) is 7.11 Å². The molecule has 7 nitrogen and oxygen atoms in total. The number of benzene rings is 1. The van der Waals surface area contributed by atoms with Crippen LogP contribution in [0.15, 0.2) is 43.0 Å². The molecule has 0 aliphatic heterocycles. The Morgan fingerprint density at radius 1 is 1.19 bits per heavy atom. The van der Waals surface area contributed by atoms with Gasteiger partial charge in [-0.2, -0.15) is 0 Å². The van der Waals surface area contributed by atoms with Crippen molar-refractivity contribution in [3.63, 3.8) is 0 Å². The Hall–Kier alpha value is -3.22. The molecule has 5 rings (SSSR count). The third-order valence-corrected chi connectivity index (χ3v) is 5.21. The molecule has 1 aromatic carbocycles. The molecule has 0 spiro atoms. The zero-order valence-corrected chi connectivity index (χ0v) is 15.3. The van der Waals surface area contributed by atoms with Crippen molar-refractivity contribution >= 4 is 22.4 Å². The summed E-state index contributed by atoms with van der Waals surface area (Å²) in [6, 6.07) is 8.53. The molecule has 0 saturated heterocycles. The van der Waals surface area contributed by atoms with Gasteiger partial charge >= 0.3 is 0 Å². The third-order valence-electron chi connectivity index (χ3n) is 5.21. The first-order valence-corrected chi connectivity index (χ1v) is 9.13. The molecule has 27 heavy (non-hydrogen) atoms. The number of rotatable bonds is 5. The topological polar surface area (TPSA) is 77.2 Å². The van der Waals surface area contributed by atoms with Crippen LogP contribution >= 0.6 is 0 Å². The van der Waals surface area contributed by atoms with E-state index in [4.69, 9.17) is 4.74 Å². The highest BCUT2D eigenvalue weighted by Crippen LogP contribution is 2.34. The summed E-state index contributed by atoms with van der Waals surface area (Å²) in [5.74, 6) is 1.99. The quantitative estimate of drug-likeness (QED) is 0.586. The number of hydrogen-bond acceptors (Lipinski definition) is 6. The van der Waals surface area contributed by atoms with Gasteiger partial charge in [0.05, 0.1) is 29.7 Å². The molecule has 1 N–H and O–H groups in total. The first kappa shape index (κ1) is 16.0. The number of anilines is 1. The van der Waals surface area contributed by atoms with Crippen LogP contribution in [0.3, 0.4) is 0 Å². The van der Waals surface area contributed by atoms with Crippen molar-refractivity contribution in [3.05, 3.63) is 43.0 Å². The fourth-order valence-electron chi connectivity index (χ4n) is 3.49. The molecular weight excluding hydrogens is 340 g/mol. The largest absolute Gasteiger partial charge is 0.480 e. The van der Waals surface area contributed by atoms with Gasteiger partial charge in [0, 0.05) is 17.8 Å². The zero-order chi connectivity index (χ0) is 18.4. The Labute approximate surface area is 156 Å². The summed E-state index contributed by atoms with van der Waals surface area (Å²) < 4.78 is 7.24. The number of fused-ring (bicyclic) bond motifs is 2. The fraction of sp³-hybridized carbons (Fsp3) is 0.300. The number of ether oxygens (including phenoxy) is 1. The summed E-state index contributed by atoms with van der Waals surface area (Å²) in [5, 5.41) is 8.90. The van der Waals surface area contributed by atoms with E-state index in [9.17, 15) is 0 Å². The fourth-order valence-corrected chi connectivity index (χ4v) is 3.49. The van der Waals surface area contributed by atoms with Crippen molar-refractivity contribution in [1.82, 2.24) is 24.6 Å². The van der Waals surface area contributed by atoms with Gasteiger partial charge in [0.15, 0.2) is 0 Å². The van der Waals surface area contributed by atoms with Crippen molar-refractivity contribution < 1.29 is 4.74 Å². The van der Waals surface area contributed by atoms with Gasteiger partial charge in [-0.3, -0.25) is 0 Å². The van der Waals surface area contributed by atoms with Gasteiger partial charge in [0.1, 0.15) is 6.33 Å². The predicted molar refractivity (Wildman–Crippen MR) is 104 cm³/mol. The van der Waals surface area contributed by atoms with Crippen molar-refractivity contribution in [1.29, 1.82) is 0 Å². The van der Waals surface area contributed by atoms with Crippen molar-refractivity contribution in [2.75, 3.05) is 12.4 Å². The lowest BCUT2D eigenvalue weighted by molar-refractivity contribution is 0.402. The molecule has 1 saturated carbocycles. The predicted octanol–water partition coefficient (Wildman–Crippen LogP) is 3.56. The smallest absolute Gasteiger partial charge is 0.241 e. The van der Waals surface area contributed by atoms with Crippen LogP contribution < -0.4 is 10.1 Å². The standard InChI is InChI=1S/C20H20N6O/c1-12(13-3-4-13)24-20-21-10-18-15(7-8-26(18)25-20)14-5-6-17-16(9-14)19(27-2)23-11-22-17/h5-13H,3-4H2,1-2H3,(H,24,25)/t12-/m0/s1. The van der Waals surface area contributed by atoms with Crippen molar-refractivity contribution in [3.8, 4) is 17.0 Å². The van der Waals surface area contributed by atoms with E-state index in [2.05, 4.69) is 38.4 Å². The monoisotopic (exact) mass is 360 g/mol. The number of aromatic nitrogens is 5. The average Bonchev–Trinajstić information content (AvgIpc) is 3.47. The van der Waals surface area contributed by atoms with Crippen LogP contribution in [0.4, 0.5) is 5.95 Å². The summed E-state index contributed by atoms with van der Waals surface area (Å²) in [6.45, 7) is 2.19. The second-order valence-electron chi connectivity index (χ2n) is 7.03.